The van der Waals surface area contributed by atoms with E-state index in [4.69, 9.17) is 16.3 Å². The number of esters is 1. The zero-order valence-corrected chi connectivity index (χ0v) is 9.64. The third-order valence-corrected chi connectivity index (χ3v) is 3.12. The summed E-state index contributed by atoms with van der Waals surface area (Å²) < 4.78 is 5.14. The van der Waals surface area contributed by atoms with Crippen LogP contribution in [-0.4, -0.2) is 17.0 Å². The lowest BCUT2D eigenvalue weighted by Crippen LogP contribution is -2.25. The Hall–Kier alpha value is -1.62. The minimum absolute atomic E-state index is 0.0489. The Kier molecular flexibility index (Phi) is 3.28. The quantitative estimate of drug-likeness (QED) is 0.473. The minimum atomic E-state index is -0.623. The highest BCUT2D eigenvalue weighted by atomic mass is 35.5. The summed E-state index contributed by atoms with van der Waals surface area (Å²) in [5, 5.41) is 10.5. The van der Waals surface area contributed by atoms with Gasteiger partial charge in [0.05, 0.1) is 10.5 Å². The highest BCUT2D eigenvalue weighted by Crippen LogP contribution is 2.30. The fourth-order valence-electron chi connectivity index (χ4n) is 1.52. The zero-order chi connectivity index (χ0) is 12.4. The molecule has 17 heavy (non-hydrogen) atoms. The summed E-state index contributed by atoms with van der Waals surface area (Å²) in [4.78, 5) is 21.7. The van der Waals surface area contributed by atoms with Crippen LogP contribution in [0.25, 0.3) is 0 Å². The van der Waals surface area contributed by atoms with E-state index in [-0.39, 0.29) is 22.4 Å². The SMILES string of the molecule is O=C(OC1CCC1)c1cccc([N+](=O)[O-])c1Cl. The molecule has 2 rings (SSSR count). The Balaban J connectivity index is 2.22. The van der Waals surface area contributed by atoms with Crippen molar-refractivity contribution >= 4 is 23.3 Å². The normalized spacial score (nSPS) is 15.1. The molecular weight excluding hydrogens is 246 g/mol. The molecule has 0 N–H and O–H groups in total. The van der Waals surface area contributed by atoms with E-state index in [2.05, 4.69) is 0 Å². The summed E-state index contributed by atoms with van der Waals surface area (Å²) >= 11 is 5.80. The molecule has 0 saturated heterocycles. The van der Waals surface area contributed by atoms with Gasteiger partial charge < -0.3 is 4.74 Å². The number of carbonyl (C=O) groups is 1. The molecule has 0 unspecified atom stereocenters. The third kappa shape index (κ3) is 2.39. The van der Waals surface area contributed by atoms with Crippen molar-refractivity contribution in [1.29, 1.82) is 0 Å². The van der Waals surface area contributed by atoms with Crippen LogP contribution < -0.4 is 0 Å². The first-order valence-electron chi connectivity index (χ1n) is 5.23. The van der Waals surface area contributed by atoms with E-state index < -0.39 is 10.9 Å². The number of rotatable bonds is 3. The summed E-state index contributed by atoms with van der Waals surface area (Å²) in [6.45, 7) is 0. The van der Waals surface area contributed by atoms with Crippen molar-refractivity contribution in [3.63, 3.8) is 0 Å². The van der Waals surface area contributed by atoms with E-state index in [1.807, 2.05) is 0 Å². The lowest BCUT2D eigenvalue weighted by Gasteiger charge is -2.25. The molecule has 0 aliphatic heterocycles. The number of nitrogens with zero attached hydrogens (tertiary/aromatic N) is 1. The van der Waals surface area contributed by atoms with Crippen LogP contribution >= 0.6 is 11.6 Å². The van der Waals surface area contributed by atoms with Gasteiger partial charge in [-0.3, -0.25) is 10.1 Å². The first-order valence-corrected chi connectivity index (χ1v) is 5.61. The zero-order valence-electron chi connectivity index (χ0n) is 8.89. The molecule has 5 nitrogen and oxygen atoms in total. The van der Waals surface area contributed by atoms with Gasteiger partial charge in [-0.25, -0.2) is 4.79 Å². The van der Waals surface area contributed by atoms with Crippen LogP contribution in [0, 0.1) is 10.1 Å². The number of benzene rings is 1. The van der Waals surface area contributed by atoms with E-state index in [0.29, 0.717) is 0 Å². The molecule has 0 aromatic heterocycles. The molecule has 0 radical (unpaired) electrons. The Labute approximate surface area is 102 Å². The lowest BCUT2D eigenvalue weighted by atomic mass is 9.96. The van der Waals surface area contributed by atoms with E-state index >= 15 is 0 Å². The fourth-order valence-corrected chi connectivity index (χ4v) is 1.79. The highest BCUT2D eigenvalue weighted by molar-refractivity contribution is 6.35. The molecule has 0 bridgehead atoms. The number of halogens is 1. The van der Waals surface area contributed by atoms with Crippen molar-refractivity contribution < 1.29 is 14.5 Å². The first kappa shape index (κ1) is 11.9. The average Bonchev–Trinajstić information content (AvgIpc) is 2.23. The maximum Gasteiger partial charge on any atom is 0.340 e. The second kappa shape index (κ2) is 4.71. The second-order valence-electron chi connectivity index (χ2n) is 3.85. The molecule has 0 atom stereocenters. The Morgan fingerprint density at radius 3 is 2.71 bits per heavy atom. The minimum Gasteiger partial charge on any atom is -0.459 e. The summed E-state index contributed by atoms with van der Waals surface area (Å²) in [5.74, 6) is -0.594. The van der Waals surface area contributed by atoms with Gasteiger partial charge in [-0.2, -0.15) is 0 Å². The molecule has 6 heteroatoms. The van der Waals surface area contributed by atoms with Crippen LogP contribution in [0.2, 0.25) is 5.02 Å². The molecule has 1 aromatic carbocycles. The van der Waals surface area contributed by atoms with Gasteiger partial charge in [-0.15, -0.1) is 0 Å². The summed E-state index contributed by atoms with van der Waals surface area (Å²) in [6, 6.07) is 4.10. The van der Waals surface area contributed by atoms with Crippen molar-refractivity contribution in [2.24, 2.45) is 0 Å². The van der Waals surface area contributed by atoms with Gasteiger partial charge in [0.15, 0.2) is 0 Å². The Bertz CT molecular complexity index is 471. The maximum absolute atomic E-state index is 11.7. The molecule has 0 amide bonds. The predicted octanol–water partition coefficient (Wildman–Crippen LogP) is 2.96. The van der Waals surface area contributed by atoms with Crippen LogP contribution in [-0.2, 0) is 4.74 Å². The van der Waals surface area contributed by atoms with Crippen LogP contribution in [0.1, 0.15) is 29.6 Å². The number of nitro groups is 1. The van der Waals surface area contributed by atoms with Crippen LogP contribution in [0.5, 0.6) is 0 Å². The molecule has 1 aromatic rings. The number of carbonyl (C=O) groups excluding carboxylic acids is 1. The highest BCUT2D eigenvalue weighted by Gasteiger charge is 2.26. The standard InChI is InChI=1S/C11H10ClNO4/c12-10-8(5-2-6-9(10)13(15)16)11(14)17-7-3-1-4-7/h2,5-7H,1,3-4H2. The summed E-state index contributed by atoms with van der Waals surface area (Å²) in [5.41, 5.74) is -0.234. The van der Waals surface area contributed by atoms with Gasteiger partial charge in [-0.05, 0) is 25.3 Å². The molecule has 1 saturated carbocycles. The number of ether oxygens (including phenoxy) is 1. The molecule has 1 aliphatic carbocycles. The van der Waals surface area contributed by atoms with E-state index in [1.165, 1.54) is 18.2 Å². The van der Waals surface area contributed by atoms with Crippen LogP contribution in [0.3, 0.4) is 0 Å². The fraction of sp³-hybridized carbons (Fsp3) is 0.364. The molecular formula is C11H10ClNO4. The predicted molar refractivity (Wildman–Crippen MR) is 61.2 cm³/mol. The monoisotopic (exact) mass is 255 g/mol. The van der Waals surface area contributed by atoms with Crippen LogP contribution in [0.4, 0.5) is 5.69 Å². The van der Waals surface area contributed by atoms with Crippen LogP contribution in [0.15, 0.2) is 18.2 Å². The largest absolute Gasteiger partial charge is 0.459 e. The van der Waals surface area contributed by atoms with Gasteiger partial charge in [0, 0.05) is 6.07 Å². The van der Waals surface area contributed by atoms with Gasteiger partial charge in [0.25, 0.3) is 5.69 Å². The molecule has 0 spiro atoms. The molecule has 0 heterocycles. The summed E-state index contributed by atoms with van der Waals surface area (Å²) in [7, 11) is 0. The van der Waals surface area contributed by atoms with Crippen molar-refractivity contribution in [2.45, 2.75) is 25.4 Å². The van der Waals surface area contributed by atoms with E-state index in [1.54, 1.807) is 0 Å². The summed E-state index contributed by atoms with van der Waals surface area (Å²) in [6.07, 6.45) is 2.66. The first-order chi connectivity index (χ1) is 8.09. The number of hydrogen-bond acceptors (Lipinski definition) is 4. The van der Waals surface area contributed by atoms with Crippen molar-refractivity contribution in [2.75, 3.05) is 0 Å². The lowest BCUT2D eigenvalue weighted by molar-refractivity contribution is -0.384. The molecule has 1 fully saturated rings. The number of nitro benzene ring substituents is 1. The van der Waals surface area contributed by atoms with E-state index in [0.717, 1.165) is 19.3 Å². The van der Waals surface area contributed by atoms with Gasteiger partial charge in [0.2, 0.25) is 0 Å². The van der Waals surface area contributed by atoms with Gasteiger partial charge in [-0.1, -0.05) is 17.7 Å². The van der Waals surface area contributed by atoms with Gasteiger partial charge in [0.1, 0.15) is 11.1 Å². The average molecular weight is 256 g/mol. The van der Waals surface area contributed by atoms with E-state index in [9.17, 15) is 14.9 Å². The smallest absolute Gasteiger partial charge is 0.340 e. The Morgan fingerprint density at radius 2 is 2.18 bits per heavy atom. The van der Waals surface area contributed by atoms with Gasteiger partial charge >= 0.3 is 5.97 Å². The molecule has 1 aliphatic rings. The Morgan fingerprint density at radius 1 is 1.47 bits per heavy atom. The van der Waals surface area contributed by atoms with Crippen molar-refractivity contribution in [3.05, 3.63) is 38.9 Å². The molecule has 90 valence electrons. The third-order valence-electron chi connectivity index (χ3n) is 2.72. The topological polar surface area (TPSA) is 69.4 Å². The second-order valence-corrected chi connectivity index (χ2v) is 4.23. The maximum atomic E-state index is 11.7. The number of hydrogen-bond donors (Lipinski definition) is 0. The van der Waals surface area contributed by atoms with Crippen molar-refractivity contribution in [1.82, 2.24) is 0 Å². The van der Waals surface area contributed by atoms with Crippen molar-refractivity contribution in [3.8, 4) is 0 Å².